The molecule has 2 rings (SSSR count). The quantitative estimate of drug-likeness (QED) is 0.742. The molecule has 1 aliphatic heterocycles. The zero-order valence-corrected chi connectivity index (χ0v) is 10.9. The molecule has 0 aromatic heterocycles. The number of nitrogens with one attached hydrogen (secondary N) is 2. The minimum atomic E-state index is -0.160. The monoisotopic (exact) mass is 264 g/mol. The van der Waals surface area contributed by atoms with Crippen LogP contribution in [0.15, 0.2) is 24.3 Å². The van der Waals surface area contributed by atoms with Crippen LogP contribution in [0.3, 0.4) is 0 Å². The van der Waals surface area contributed by atoms with Crippen LogP contribution >= 0.6 is 0 Å². The van der Waals surface area contributed by atoms with Gasteiger partial charge >= 0.3 is 0 Å². The van der Waals surface area contributed by atoms with Crippen molar-refractivity contribution in [2.45, 2.75) is 18.9 Å². The van der Waals surface area contributed by atoms with Crippen LogP contribution in [0.1, 0.15) is 23.2 Å². The summed E-state index contributed by atoms with van der Waals surface area (Å²) < 4.78 is 5.31. The van der Waals surface area contributed by atoms with E-state index in [-0.39, 0.29) is 19.1 Å². The van der Waals surface area contributed by atoms with Crippen molar-refractivity contribution >= 4 is 11.6 Å². The van der Waals surface area contributed by atoms with Crippen molar-refractivity contribution < 1.29 is 14.6 Å². The molecule has 0 spiro atoms. The number of hydrogen-bond acceptors (Lipinski definition) is 4. The van der Waals surface area contributed by atoms with Gasteiger partial charge in [0.2, 0.25) is 0 Å². The first-order valence-corrected chi connectivity index (χ1v) is 6.63. The topological polar surface area (TPSA) is 70.6 Å². The molecule has 0 bridgehead atoms. The standard InChI is InChI=1S/C14H20N2O3/c17-8-7-15-14(18)11-1-3-12(4-2-11)16-13-5-9-19-10-6-13/h1-4,13,16-17H,5-10H2,(H,15,18). The number of ether oxygens (including phenoxy) is 1. The van der Waals surface area contributed by atoms with Gasteiger partial charge in [-0.05, 0) is 37.1 Å². The first-order chi connectivity index (χ1) is 9.29. The van der Waals surface area contributed by atoms with Crippen LogP contribution in [0.5, 0.6) is 0 Å². The second kappa shape index (κ2) is 7.11. The van der Waals surface area contributed by atoms with Gasteiger partial charge in [-0.2, -0.15) is 0 Å². The fraction of sp³-hybridized carbons (Fsp3) is 0.500. The summed E-state index contributed by atoms with van der Waals surface area (Å²) in [5, 5.41) is 14.7. The molecule has 19 heavy (non-hydrogen) atoms. The molecule has 1 aromatic carbocycles. The summed E-state index contributed by atoms with van der Waals surface area (Å²) in [6, 6.07) is 7.83. The van der Waals surface area contributed by atoms with Gasteiger partial charge in [-0.25, -0.2) is 0 Å². The number of aliphatic hydroxyl groups is 1. The van der Waals surface area contributed by atoms with E-state index in [0.29, 0.717) is 11.6 Å². The van der Waals surface area contributed by atoms with Crippen molar-refractivity contribution in [3.63, 3.8) is 0 Å². The maximum Gasteiger partial charge on any atom is 0.251 e. The average molecular weight is 264 g/mol. The predicted molar refractivity (Wildman–Crippen MR) is 73.3 cm³/mol. The number of anilines is 1. The first-order valence-electron chi connectivity index (χ1n) is 6.63. The smallest absolute Gasteiger partial charge is 0.251 e. The zero-order valence-electron chi connectivity index (χ0n) is 10.9. The number of carbonyl (C=O) groups is 1. The highest BCUT2D eigenvalue weighted by molar-refractivity contribution is 5.94. The maximum absolute atomic E-state index is 11.6. The van der Waals surface area contributed by atoms with E-state index < -0.39 is 0 Å². The molecule has 0 atom stereocenters. The molecule has 5 heteroatoms. The van der Waals surface area contributed by atoms with Gasteiger partial charge in [0, 0.05) is 37.1 Å². The fourth-order valence-electron chi connectivity index (χ4n) is 2.07. The summed E-state index contributed by atoms with van der Waals surface area (Å²) in [5.74, 6) is -0.160. The summed E-state index contributed by atoms with van der Waals surface area (Å²) >= 11 is 0. The second-order valence-corrected chi connectivity index (χ2v) is 4.59. The van der Waals surface area contributed by atoms with Crippen molar-refractivity contribution in [2.24, 2.45) is 0 Å². The van der Waals surface area contributed by atoms with Crippen LogP contribution in [0.2, 0.25) is 0 Å². The molecular formula is C14H20N2O3. The van der Waals surface area contributed by atoms with E-state index in [1.54, 1.807) is 12.1 Å². The molecule has 1 aromatic rings. The molecular weight excluding hydrogens is 244 g/mol. The van der Waals surface area contributed by atoms with Gasteiger partial charge in [0.25, 0.3) is 5.91 Å². The Kier molecular flexibility index (Phi) is 5.18. The van der Waals surface area contributed by atoms with E-state index in [2.05, 4.69) is 10.6 Å². The summed E-state index contributed by atoms with van der Waals surface area (Å²) in [6.45, 7) is 1.84. The van der Waals surface area contributed by atoms with Crippen LogP contribution in [0, 0.1) is 0 Å². The molecule has 1 aliphatic rings. The summed E-state index contributed by atoms with van der Waals surface area (Å²) in [6.07, 6.45) is 2.03. The molecule has 5 nitrogen and oxygen atoms in total. The van der Waals surface area contributed by atoms with Gasteiger partial charge < -0.3 is 20.5 Å². The number of carbonyl (C=O) groups excluding carboxylic acids is 1. The lowest BCUT2D eigenvalue weighted by Gasteiger charge is -2.24. The van der Waals surface area contributed by atoms with Gasteiger partial charge in [-0.15, -0.1) is 0 Å². The van der Waals surface area contributed by atoms with Crippen molar-refractivity contribution in [3.05, 3.63) is 29.8 Å². The van der Waals surface area contributed by atoms with Gasteiger partial charge in [0.1, 0.15) is 0 Å². The molecule has 1 heterocycles. The van der Waals surface area contributed by atoms with E-state index in [1.807, 2.05) is 12.1 Å². The Balaban J connectivity index is 1.88. The predicted octanol–water partition coefficient (Wildman–Crippen LogP) is 1.000. The SMILES string of the molecule is O=C(NCCO)c1ccc(NC2CCOCC2)cc1. The molecule has 3 N–H and O–H groups in total. The first kappa shape index (κ1) is 13.8. The Bertz CT molecular complexity index is 400. The Hall–Kier alpha value is -1.59. The Morgan fingerprint density at radius 1 is 1.26 bits per heavy atom. The lowest BCUT2D eigenvalue weighted by molar-refractivity contribution is 0.0904. The highest BCUT2D eigenvalue weighted by atomic mass is 16.5. The van der Waals surface area contributed by atoms with Crippen LogP contribution in [0.4, 0.5) is 5.69 Å². The van der Waals surface area contributed by atoms with Crippen LogP contribution in [-0.4, -0.2) is 43.4 Å². The molecule has 0 saturated carbocycles. The third-order valence-electron chi connectivity index (χ3n) is 3.14. The van der Waals surface area contributed by atoms with E-state index in [4.69, 9.17) is 9.84 Å². The zero-order chi connectivity index (χ0) is 13.5. The summed E-state index contributed by atoms with van der Waals surface area (Å²) in [4.78, 5) is 11.6. The molecule has 0 unspecified atom stereocenters. The largest absolute Gasteiger partial charge is 0.395 e. The Morgan fingerprint density at radius 3 is 2.58 bits per heavy atom. The van der Waals surface area contributed by atoms with Gasteiger partial charge in [-0.1, -0.05) is 0 Å². The molecule has 1 fully saturated rings. The number of aliphatic hydroxyl groups excluding tert-OH is 1. The van der Waals surface area contributed by atoms with Crippen LogP contribution in [-0.2, 0) is 4.74 Å². The maximum atomic E-state index is 11.6. The van der Waals surface area contributed by atoms with Gasteiger partial charge in [0.05, 0.1) is 6.61 Å². The minimum absolute atomic E-state index is 0.0465. The van der Waals surface area contributed by atoms with Crippen molar-refractivity contribution in [1.29, 1.82) is 0 Å². The lowest BCUT2D eigenvalue weighted by atomic mass is 10.1. The lowest BCUT2D eigenvalue weighted by Crippen LogP contribution is -2.28. The van der Waals surface area contributed by atoms with E-state index in [1.165, 1.54) is 0 Å². The third-order valence-corrected chi connectivity index (χ3v) is 3.14. The molecule has 104 valence electrons. The highest BCUT2D eigenvalue weighted by Crippen LogP contribution is 2.15. The second-order valence-electron chi connectivity index (χ2n) is 4.59. The van der Waals surface area contributed by atoms with Crippen LogP contribution in [0.25, 0.3) is 0 Å². The number of benzene rings is 1. The summed E-state index contributed by atoms with van der Waals surface area (Å²) in [5.41, 5.74) is 1.62. The minimum Gasteiger partial charge on any atom is -0.395 e. The molecule has 0 radical (unpaired) electrons. The van der Waals surface area contributed by atoms with Gasteiger partial charge in [0.15, 0.2) is 0 Å². The van der Waals surface area contributed by atoms with Crippen molar-refractivity contribution in [1.82, 2.24) is 5.32 Å². The van der Waals surface area contributed by atoms with Crippen molar-refractivity contribution in [3.8, 4) is 0 Å². The normalized spacial score (nSPS) is 16.1. The van der Waals surface area contributed by atoms with E-state index >= 15 is 0 Å². The van der Waals surface area contributed by atoms with E-state index in [9.17, 15) is 4.79 Å². The average Bonchev–Trinajstić information content (AvgIpc) is 2.46. The molecule has 1 saturated heterocycles. The van der Waals surface area contributed by atoms with Crippen molar-refractivity contribution in [2.75, 3.05) is 31.7 Å². The number of rotatable bonds is 5. The van der Waals surface area contributed by atoms with Crippen LogP contribution < -0.4 is 10.6 Å². The fourth-order valence-corrected chi connectivity index (χ4v) is 2.07. The summed E-state index contributed by atoms with van der Waals surface area (Å²) in [7, 11) is 0. The third kappa shape index (κ3) is 4.22. The Morgan fingerprint density at radius 2 is 1.95 bits per heavy atom. The molecule has 0 aliphatic carbocycles. The Labute approximate surface area is 113 Å². The van der Waals surface area contributed by atoms with Gasteiger partial charge in [-0.3, -0.25) is 4.79 Å². The molecule has 1 amide bonds. The number of hydrogen-bond donors (Lipinski definition) is 3. The highest BCUT2D eigenvalue weighted by Gasteiger charge is 2.13. The van der Waals surface area contributed by atoms with E-state index in [0.717, 1.165) is 31.7 Å². The number of amides is 1.